The maximum absolute atomic E-state index is 5.91. The molecule has 6 nitrogen and oxygen atoms in total. The molecule has 138 valence electrons. The van der Waals surface area contributed by atoms with E-state index in [1.54, 1.807) is 0 Å². The highest BCUT2D eigenvalue weighted by molar-refractivity contribution is 5.29. The van der Waals surface area contributed by atoms with E-state index in [4.69, 9.17) is 4.74 Å². The molecule has 3 saturated heterocycles. The van der Waals surface area contributed by atoms with Crippen molar-refractivity contribution in [3.63, 3.8) is 0 Å². The number of anilines is 1. The first-order valence-electron chi connectivity index (χ1n) is 9.98. The zero-order chi connectivity index (χ0) is 16.9. The molecule has 25 heavy (non-hydrogen) atoms. The average molecular weight is 345 g/mol. The van der Waals surface area contributed by atoms with Gasteiger partial charge in [0.2, 0.25) is 5.95 Å². The van der Waals surface area contributed by atoms with E-state index >= 15 is 0 Å². The predicted octanol–water partition coefficient (Wildman–Crippen LogP) is 1.63. The molecule has 1 aromatic heterocycles. The Kier molecular flexibility index (Phi) is 5.79. The molecule has 3 aliphatic heterocycles. The van der Waals surface area contributed by atoms with Gasteiger partial charge in [-0.05, 0) is 51.3 Å². The zero-order valence-electron chi connectivity index (χ0n) is 15.2. The first-order valence-corrected chi connectivity index (χ1v) is 9.98. The van der Waals surface area contributed by atoms with Crippen molar-refractivity contribution in [1.82, 2.24) is 19.8 Å². The van der Waals surface area contributed by atoms with Crippen LogP contribution in [0.4, 0.5) is 5.95 Å². The smallest absolute Gasteiger partial charge is 0.225 e. The van der Waals surface area contributed by atoms with Gasteiger partial charge in [-0.2, -0.15) is 0 Å². The molecule has 0 amide bonds. The highest BCUT2D eigenvalue weighted by Crippen LogP contribution is 2.21. The summed E-state index contributed by atoms with van der Waals surface area (Å²) in [7, 11) is 0. The standard InChI is InChI=1S/C19H31N5O/c1-2-15-25-18(4-1)16-22-9-5-17(6-10-22)23-11-13-24(14-12-23)19-20-7-3-8-21-19/h3,7-8,17-18H,1-2,4-6,9-16H2. The number of likely N-dealkylation sites (tertiary alicyclic amines) is 1. The van der Waals surface area contributed by atoms with Crippen LogP contribution in [0.2, 0.25) is 0 Å². The van der Waals surface area contributed by atoms with Crippen LogP contribution in [0.5, 0.6) is 0 Å². The van der Waals surface area contributed by atoms with Gasteiger partial charge < -0.3 is 14.5 Å². The Morgan fingerprint density at radius 2 is 1.68 bits per heavy atom. The summed E-state index contributed by atoms with van der Waals surface area (Å²) in [6, 6.07) is 2.63. The van der Waals surface area contributed by atoms with Crippen molar-refractivity contribution >= 4 is 5.95 Å². The number of piperazine rings is 1. The van der Waals surface area contributed by atoms with Gasteiger partial charge in [0.25, 0.3) is 0 Å². The molecule has 0 radical (unpaired) electrons. The summed E-state index contributed by atoms with van der Waals surface area (Å²) < 4.78 is 5.91. The van der Waals surface area contributed by atoms with Crippen molar-refractivity contribution in [2.24, 2.45) is 0 Å². The minimum atomic E-state index is 0.486. The Balaban J connectivity index is 1.20. The fourth-order valence-electron chi connectivity index (χ4n) is 4.45. The monoisotopic (exact) mass is 345 g/mol. The number of aromatic nitrogens is 2. The lowest BCUT2D eigenvalue weighted by Crippen LogP contribution is -2.54. The molecule has 0 aromatic carbocycles. The molecular weight excluding hydrogens is 314 g/mol. The zero-order valence-corrected chi connectivity index (χ0v) is 15.2. The van der Waals surface area contributed by atoms with Crippen molar-refractivity contribution < 1.29 is 4.74 Å². The van der Waals surface area contributed by atoms with Gasteiger partial charge in [-0.1, -0.05) is 0 Å². The highest BCUT2D eigenvalue weighted by Gasteiger charge is 2.29. The number of rotatable bonds is 4. The van der Waals surface area contributed by atoms with Crippen LogP contribution < -0.4 is 4.90 Å². The topological polar surface area (TPSA) is 44.7 Å². The van der Waals surface area contributed by atoms with Crippen molar-refractivity contribution in [2.45, 2.75) is 44.2 Å². The number of piperidine rings is 1. The van der Waals surface area contributed by atoms with Gasteiger partial charge in [-0.25, -0.2) is 9.97 Å². The molecule has 1 unspecified atom stereocenters. The van der Waals surface area contributed by atoms with Gasteiger partial charge in [0, 0.05) is 57.8 Å². The molecule has 1 atom stereocenters. The lowest BCUT2D eigenvalue weighted by atomic mass is 10.0. The lowest BCUT2D eigenvalue weighted by Gasteiger charge is -2.43. The maximum atomic E-state index is 5.91. The quantitative estimate of drug-likeness (QED) is 0.826. The van der Waals surface area contributed by atoms with Gasteiger partial charge in [0.1, 0.15) is 0 Å². The number of hydrogen-bond donors (Lipinski definition) is 0. The Morgan fingerprint density at radius 1 is 0.920 bits per heavy atom. The molecule has 6 heteroatoms. The fourth-order valence-corrected chi connectivity index (χ4v) is 4.45. The molecule has 4 heterocycles. The van der Waals surface area contributed by atoms with Gasteiger partial charge in [-0.3, -0.25) is 4.90 Å². The largest absolute Gasteiger partial charge is 0.377 e. The summed E-state index contributed by atoms with van der Waals surface area (Å²) in [6.07, 6.45) is 10.6. The maximum Gasteiger partial charge on any atom is 0.225 e. The SMILES string of the molecule is c1cnc(N2CCN(C3CCN(CC4CCCCO4)CC3)CC2)nc1. The summed E-state index contributed by atoms with van der Waals surface area (Å²) in [5.74, 6) is 0.879. The van der Waals surface area contributed by atoms with E-state index in [9.17, 15) is 0 Å². The van der Waals surface area contributed by atoms with E-state index in [0.29, 0.717) is 6.10 Å². The molecule has 4 rings (SSSR count). The Labute approximate surface area is 151 Å². The van der Waals surface area contributed by atoms with Crippen molar-refractivity contribution in [2.75, 3.05) is 57.3 Å². The second-order valence-corrected chi connectivity index (χ2v) is 7.59. The number of ether oxygens (including phenoxy) is 1. The van der Waals surface area contributed by atoms with Crippen molar-refractivity contribution in [1.29, 1.82) is 0 Å². The Morgan fingerprint density at radius 3 is 2.36 bits per heavy atom. The first kappa shape index (κ1) is 17.2. The lowest BCUT2D eigenvalue weighted by molar-refractivity contribution is -0.0141. The van der Waals surface area contributed by atoms with Crippen LogP contribution in [-0.2, 0) is 4.74 Å². The minimum absolute atomic E-state index is 0.486. The molecule has 0 N–H and O–H groups in total. The van der Waals surface area contributed by atoms with Gasteiger partial charge in [-0.15, -0.1) is 0 Å². The summed E-state index contributed by atoms with van der Waals surface area (Å²) in [4.78, 5) is 16.4. The normalized spacial score (nSPS) is 27.5. The van der Waals surface area contributed by atoms with E-state index < -0.39 is 0 Å². The van der Waals surface area contributed by atoms with Crippen LogP contribution in [0.1, 0.15) is 32.1 Å². The third-order valence-corrected chi connectivity index (χ3v) is 5.96. The average Bonchev–Trinajstić information content (AvgIpc) is 2.70. The molecule has 1 aromatic rings. The molecular formula is C19H31N5O. The van der Waals surface area contributed by atoms with Crippen LogP contribution >= 0.6 is 0 Å². The van der Waals surface area contributed by atoms with E-state index in [0.717, 1.165) is 51.3 Å². The van der Waals surface area contributed by atoms with Crippen molar-refractivity contribution in [3.05, 3.63) is 18.5 Å². The predicted molar refractivity (Wildman–Crippen MR) is 98.9 cm³/mol. The second kappa shape index (κ2) is 8.43. The van der Waals surface area contributed by atoms with E-state index in [1.807, 2.05) is 18.5 Å². The minimum Gasteiger partial charge on any atom is -0.377 e. The third kappa shape index (κ3) is 4.49. The molecule has 3 aliphatic rings. The van der Waals surface area contributed by atoms with Crippen LogP contribution in [-0.4, -0.2) is 84.3 Å². The number of hydrogen-bond acceptors (Lipinski definition) is 6. The first-order chi connectivity index (χ1) is 12.4. The fraction of sp³-hybridized carbons (Fsp3) is 0.789. The summed E-state index contributed by atoms with van der Waals surface area (Å²) >= 11 is 0. The molecule has 3 fully saturated rings. The van der Waals surface area contributed by atoms with Gasteiger partial charge in [0.15, 0.2) is 0 Å². The molecule has 0 aliphatic carbocycles. The molecule has 0 spiro atoms. The van der Waals surface area contributed by atoms with E-state index in [1.165, 1.54) is 45.2 Å². The van der Waals surface area contributed by atoms with Crippen LogP contribution in [0, 0.1) is 0 Å². The summed E-state index contributed by atoms with van der Waals surface area (Å²) in [6.45, 7) is 8.92. The second-order valence-electron chi connectivity index (χ2n) is 7.59. The Hall–Kier alpha value is -1.24. The number of nitrogens with zero attached hydrogens (tertiary/aromatic N) is 5. The van der Waals surface area contributed by atoms with Gasteiger partial charge >= 0.3 is 0 Å². The van der Waals surface area contributed by atoms with Crippen molar-refractivity contribution in [3.8, 4) is 0 Å². The molecule has 0 bridgehead atoms. The van der Waals surface area contributed by atoms with Crippen LogP contribution in [0.25, 0.3) is 0 Å². The van der Waals surface area contributed by atoms with E-state index in [-0.39, 0.29) is 0 Å². The van der Waals surface area contributed by atoms with Crippen LogP contribution in [0.15, 0.2) is 18.5 Å². The Bertz CT molecular complexity index is 506. The third-order valence-electron chi connectivity index (χ3n) is 5.96. The highest BCUT2D eigenvalue weighted by atomic mass is 16.5. The summed E-state index contributed by atoms with van der Waals surface area (Å²) in [5.41, 5.74) is 0. The molecule has 0 saturated carbocycles. The summed E-state index contributed by atoms with van der Waals surface area (Å²) in [5, 5.41) is 0. The van der Waals surface area contributed by atoms with Crippen LogP contribution in [0.3, 0.4) is 0 Å². The van der Waals surface area contributed by atoms with Gasteiger partial charge in [0.05, 0.1) is 6.10 Å². The van der Waals surface area contributed by atoms with E-state index in [2.05, 4.69) is 24.7 Å².